The Balaban J connectivity index is 2.06. The van der Waals surface area contributed by atoms with Gasteiger partial charge < -0.3 is 24.4 Å². The van der Waals surface area contributed by atoms with E-state index in [-0.39, 0.29) is 17.4 Å². The van der Waals surface area contributed by atoms with E-state index in [0.29, 0.717) is 23.9 Å². The van der Waals surface area contributed by atoms with Gasteiger partial charge in [0.2, 0.25) is 0 Å². The molecule has 0 radical (unpaired) electrons. The first-order chi connectivity index (χ1) is 10.6. The van der Waals surface area contributed by atoms with Crippen LogP contribution < -0.4 is 14.2 Å². The number of benzene rings is 2. The van der Waals surface area contributed by atoms with Crippen molar-refractivity contribution in [3.63, 3.8) is 0 Å². The molecule has 0 aromatic heterocycles. The summed E-state index contributed by atoms with van der Waals surface area (Å²) in [4.78, 5) is 0. The van der Waals surface area contributed by atoms with Gasteiger partial charge in [-0.15, -0.1) is 0 Å². The fourth-order valence-corrected chi connectivity index (χ4v) is 2.83. The monoisotopic (exact) mass is 302 g/mol. The van der Waals surface area contributed by atoms with Crippen molar-refractivity contribution >= 4 is 0 Å². The van der Waals surface area contributed by atoms with Crippen molar-refractivity contribution in [2.24, 2.45) is 0 Å². The zero-order valence-electron chi connectivity index (χ0n) is 12.5. The second-order valence-corrected chi connectivity index (χ2v) is 5.18. The number of phenols is 2. The molecule has 5 heteroatoms. The molecule has 1 atom stereocenters. The minimum Gasteiger partial charge on any atom is -0.504 e. The number of hydrogen-bond donors (Lipinski definition) is 2. The fourth-order valence-electron chi connectivity index (χ4n) is 2.83. The number of rotatable bonds is 3. The fraction of sp³-hybridized carbons (Fsp3) is 0.294. The van der Waals surface area contributed by atoms with Crippen molar-refractivity contribution in [3.05, 3.63) is 41.5 Å². The predicted octanol–water partition coefficient (Wildman–Crippen LogP) is 3.03. The highest BCUT2D eigenvalue weighted by molar-refractivity contribution is 5.55. The van der Waals surface area contributed by atoms with Gasteiger partial charge in [-0.2, -0.15) is 0 Å². The highest BCUT2D eigenvalue weighted by Crippen LogP contribution is 2.44. The van der Waals surface area contributed by atoms with E-state index >= 15 is 0 Å². The number of fused-ring (bicyclic) bond motifs is 1. The molecule has 2 aromatic carbocycles. The molecule has 0 saturated heterocycles. The van der Waals surface area contributed by atoms with Crippen LogP contribution in [-0.2, 0) is 0 Å². The third kappa shape index (κ3) is 2.39. The number of hydrogen-bond acceptors (Lipinski definition) is 5. The molecule has 2 aromatic rings. The predicted molar refractivity (Wildman–Crippen MR) is 81.3 cm³/mol. The van der Waals surface area contributed by atoms with E-state index in [0.717, 1.165) is 17.5 Å². The van der Waals surface area contributed by atoms with Gasteiger partial charge >= 0.3 is 0 Å². The maximum atomic E-state index is 10.0. The molecule has 116 valence electrons. The molecule has 3 rings (SSSR count). The van der Waals surface area contributed by atoms with Gasteiger partial charge in [-0.3, -0.25) is 0 Å². The quantitative estimate of drug-likeness (QED) is 0.912. The molecule has 0 fully saturated rings. The van der Waals surface area contributed by atoms with Crippen LogP contribution in [0.25, 0.3) is 0 Å². The number of aromatic hydroxyl groups is 2. The normalized spacial score (nSPS) is 16.5. The summed E-state index contributed by atoms with van der Waals surface area (Å²) in [5.41, 5.74) is 1.90. The van der Waals surface area contributed by atoms with Crippen LogP contribution in [-0.4, -0.2) is 31.0 Å². The number of ether oxygens (including phenoxy) is 3. The lowest BCUT2D eigenvalue weighted by Crippen LogP contribution is -2.15. The van der Waals surface area contributed by atoms with Gasteiger partial charge in [0.1, 0.15) is 5.75 Å². The van der Waals surface area contributed by atoms with E-state index < -0.39 is 0 Å². The van der Waals surface area contributed by atoms with Crippen molar-refractivity contribution in [3.8, 4) is 28.7 Å². The van der Waals surface area contributed by atoms with Crippen LogP contribution in [0.4, 0.5) is 0 Å². The summed E-state index contributed by atoms with van der Waals surface area (Å²) < 4.78 is 16.0. The molecule has 0 aliphatic carbocycles. The largest absolute Gasteiger partial charge is 0.504 e. The van der Waals surface area contributed by atoms with Crippen LogP contribution in [0.1, 0.15) is 23.5 Å². The molecule has 2 N–H and O–H groups in total. The molecule has 5 nitrogen and oxygen atoms in total. The van der Waals surface area contributed by atoms with E-state index in [4.69, 9.17) is 14.2 Å². The van der Waals surface area contributed by atoms with Gasteiger partial charge in [-0.25, -0.2) is 0 Å². The van der Waals surface area contributed by atoms with Gasteiger partial charge in [0, 0.05) is 17.5 Å². The summed E-state index contributed by atoms with van der Waals surface area (Å²) in [7, 11) is 3.03. The first-order valence-corrected chi connectivity index (χ1v) is 7.04. The van der Waals surface area contributed by atoms with Crippen LogP contribution >= 0.6 is 0 Å². The van der Waals surface area contributed by atoms with E-state index in [1.54, 1.807) is 18.2 Å². The van der Waals surface area contributed by atoms with Gasteiger partial charge in [-0.05, 0) is 30.2 Å². The van der Waals surface area contributed by atoms with Crippen molar-refractivity contribution in [2.45, 2.75) is 12.3 Å². The van der Waals surface area contributed by atoms with E-state index in [2.05, 4.69) is 0 Å². The SMILES string of the molecule is COc1cc(C2CCOc3cc(OC)c(O)cc32)ccc1O. The molecule has 0 bridgehead atoms. The van der Waals surface area contributed by atoms with Crippen molar-refractivity contribution in [2.75, 3.05) is 20.8 Å². The molecule has 1 heterocycles. The molecule has 0 spiro atoms. The van der Waals surface area contributed by atoms with Crippen LogP contribution in [0.15, 0.2) is 30.3 Å². The number of phenolic OH excluding ortho intramolecular Hbond substituents is 2. The Labute approximate surface area is 128 Å². The molecular formula is C17H18O5. The number of methoxy groups -OCH3 is 2. The standard InChI is InChI=1S/C17H18O5/c1-20-16-7-10(3-4-13(16)18)11-5-6-22-15-9-17(21-2)14(19)8-12(11)15/h3-4,7-9,11,18-19H,5-6H2,1-2H3. The zero-order valence-corrected chi connectivity index (χ0v) is 12.5. The lowest BCUT2D eigenvalue weighted by Gasteiger charge is -2.27. The Hall–Kier alpha value is -2.56. The lowest BCUT2D eigenvalue weighted by molar-refractivity contribution is 0.272. The first kappa shape index (κ1) is 14.4. The smallest absolute Gasteiger partial charge is 0.164 e. The van der Waals surface area contributed by atoms with Crippen molar-refractivity contribution in [1.29, 1.82) is 0 Å². The Kier molecular flexibility index (Phi) is 3.71. The maximum absolute atomic E-state index is 10.0. The topological polar surface area (TPSA) is 68.2 Å². The molecule has 0 amide bonds. The molecular weight excluding hydrogens is 284 g/mol. The molecule has 1 unspecified atom stereocenters. The van der Waals surface area contributed by atoms with E-state index in [9.17, 15) is 10.2 Å². The summed E-state index contributed by atoms with van der Waals surface area (Å²) in [5, 5.41) is 19.8. The van der Waals surface area contributed by atoms with Gasteiger partial charge in [0.05, 0.1) is 20.8 Å². The lowest BCUT2D eigenvalue weighted by atomic mass is 9.86. The second kappa shape index (κ2) is 5.67. The maximum Gasteiger partial charge on any atom is 0.164 e. The third-order valence-electron chi connectivity index (χ3n) is 3.96. The van der Waals surface area contributed by atoms with Gasteiger partial charge in [-0.1, -0.05) is 6.07 Å². The average Bonchev–Trinajstić information content (AvgIpc) is 2.54. The molecule has 1 aliphatic rings. The summed E-state index contributed by atoms with van der Waals surface area (Å²) in [6.45, 7) is 0.578. The second-order valence-electron chi connectivity index (χ2n) is 5.18. The average molecular weight is 302 g/mol. The zero-order chi connectivity index (χ0) is 15.7. The summed E-state index contributed by atoms with van der Waals surface area (Å²) >= 11 is 0. The Bertz CT molecular complexity index is 696. The Morgan fingerprint density at radius 1 is 1.00 bits per heavy atom. The van der Waals surface area contributed by atoms with Crippen LogP contribution in [0, 0.1) is 0 Å². The molecule has 0 saturated carbocycles. The minimum atomic E-state index is 0.0649. The Morgan fingerprint density at radius 3 is 2.45 bits per heavy atom. The van der Waals surface area contributed by atoms with Gasteiger partial charge in [0.15, 0.2) is 23.0 Å². The van der Waals surface area contributed by atoms with Crippen LogP contribution in [0.5, 0.6) is 28.7 Å². The van der Waals surface area contributed by atoms with Crippen LogP contribution in [0.2, 0.25) is 0 Å². The van der Waals surface area contributed by atoms with Crippen LogP contribution in [0.3, 0.4) is 0 Å². The summed E-state index contributed by atoms with van der Waals surface area (Å²) in [6, 6.07) is 8.67. The minimum absolute atomic E-state index is 0.0649. The van der Waals surface area contributed by atoms with Crippen molar-refractivity contribution < 1.29 is 24.4 Å². The summed E-state index contributed by atoms with van der Waals surface area (Å²) in [6.07, 6.45) is 0.784. The molecule has 22 heavy (non-hydrogen) atoms. The highest BCUT2D eigenvalue weighted by Gasteiger charge is 2.26. The molecule has 1 aliphatic heterocycles. The van der Waals surface area contributed by atoms with E-state index in [1.807, 2.05) is 12.1 Å². The third-order valence-corrected chi connectivity index (χ3v) is 3.96. The van der Waals surface area contributed by atoms with E-state index in [1.165, 1.54) is 14.2 Å². The van der Waals surface area contributed by atoms with Crippen molar-refractivity contribution in [1.82, 2.24) is 0 Å². The highest BCUT2D eigenvalue weighted by atomic mass is 16.5. The first-order valence-electron chi connectivity index (χ1n) is 7.04. The summed E-state index contributed by atoms with van der Waals surface area (Å²) in [5.74, 6) is 1.79. The Morgan fingerprint density at radius 2 is 1.73 bits per heavy atom. The van der Waals surface area contributed by atoms with Gasteiger partial charge in [0.25, 0.3) is 0 Å².